The van der Waals surface area contributed by atoms with E-state index < -0.39 is 322 Å². The van der Waals surface area contributed by atoms with Crippen LogP contribution < -0.4 is 26.6 Å². The van der Waals surface area contributed by atoms with Crippen molar-refractivity contribution in [2.75, 3.05) is 152 Å². The molecular weight excluding hydrogens is 1460 g/mol. The van der Waals surface area contributed by atoms with Crippen LogP contribution in [-0.2, 0) is 124 Å². The van der Waals surface area contributed by atoms with Crippen LogP contribution in [0.4, 0.5) is 4.79 Å². The van der Waals surface area contributed by atoms with Crippen LogP contribution in [0.15, 0.2) is 48.5 Å². The van der Waals surface area contributed by atoms with Crippen LogP contribution in [0.2, 0.25) is 0 Å². The van der Waals surface area contributed by atoms with Crippen LogP contribution in [0, 0.1) is 0 Å². The summed E-state index contributed by atoms with van der Waals surface area (Å²) in [6.07, 6.45) is -8.18. The highest BCUT2D eigenvalue weighted by Gasteiger charge is 2.40. The Morgan fingerprint density at radius 2 is 0.550 bits per heavy atom. The van der Waals surface area contributed by atoms with Gasteiger partial charge in [0, 0.05) is 18.9 Å². The smallest absolute Gasteiger partial charge is 0.407 e. The van der Waals surface area contributed by atoms with Gasteiger partial charge in [0.1, 0.15) is 12.1 Å². The minimum atomic E-state index is -2.09. The van der Waals surface area contributed by atoms with Gasteiger partial charge in [-0.1, -0.05) is 48.5 Å². The number of rotatable bonds is 67. The van der Waals surface area contributed by atoms with E-state index >= 15 is 0 Å². The Morgan fingerprint density at radius 3 is 0.835 bits per heavy atom. The summed E-state index contributed by atoms with van der Waals surface area (Å²) in [6.45, 7) is -12.4. The number of benzene rings is 2. The molecule has 0 fully saturated rings. The second kappa shape index (κ2) is 51.6. The van der Waals surface area contributed by atoms with Gasteiger partial charge in [0.25, 0.3) is 0 Å². The van der Waals surface area contributed by atoms with Crippen LogP contribution in [0.3, 0.4) is 0 Å². The second-order valence-electron chi connectivity index (χ2n) is 24.4. The molecule has 0 radical (unpaired) electrons. The van der Waals surface area contributed by atoms with Crippen LogP contribution >= 0.6 is 0 Å². The highest BCUT2D eigenvalue weighted by atomic mass is 16.6. The van der Waals surface area contributed by atoms with Crippen molar-refractivity contribution in [1.29, 1.82) is 0 Å². The Labute approximate surface area is 624 Å². The average Bonchev–Trinajstić information content (AvgIpc) is 1.61. The predicted octanol–water partition coefficient (Wildman–Crippen LogP) is 0.240. The lowest BCUT2D eigenvalue weighted by molar-refractivity contribution is -0.172. The summed E-state index contributed by atoms with van der Waals surface area (Å²) in [5, 5.41) is 96.7. The van der Waals surface area contributed by atoms with E-state index in [9.17, 15) is 113 Å². The van der Waals surface area contributed by atoms with Crippen molar-refractivity contribution in [2.45, 2.75) is 119 Å². The molecule has 41 nitrogen and oxygen atoms in total. The third-order valence-corrected chi connectivity index (χ3v) is 15.1. The number of fused-ring (bicyclic) bond motifs is 3. The fourth-order valence-electron chi connectivity index (χ4n) is 10.0. The van der Waals surface area contributed by atoms with Gasteiger partial charge in [-0.15, -0.1) is 0 Å². The topological polar surface area (TPSA) is 601 Å². The molecule has 41 heteroatoms. The zero-order valence-corrected chi connectivity index (χ0v) is 59.9. The minimum absolute atomic E-state index is 0.0394. The van der Waals surface area contributed by atoms with E-state index in [1.807, 2.05) is 48.5 Å². The third-order valence-electron chi connectivity index (χ3n) is 15.1. The summed E-state index contributed by atoms with van der Waals surface area (Å²) >= 11 is 0. The molecule has 14 N–H and O–H groups in total. The van der Waals surface area contributed by atoms with Gasteiger partial charge in [0.15, 0.2) is 17.2 Å². The molecule has 0 spiro atoms. The summed E-state index contributed by atoms with van der Waals surface area (Å²) in [5.41, 5.74) is -4.35. The van der Waals surface area contributed by atoms with E-state index in [0.717, 1.165) is 22.3 Å². The van der Waals surface area contributed by atoms with Crippen LogP contribution in [-0.4, -0.2) is 304 Å². The van der Waals surface area contributed by atoms with Gasteiger partial charge in [-0.2, -0.15) is 0 Å². The van der Waals surface area contributed by atoms with Gasteiger partial charge in [-0.05, 0) is 28.7 Å². The highest BCUT2D eigenvalue weighted by molar-refractivity contribution is 5.81. The Hall–Kier alpha value is -9.66. The van der Waals surface area contributed by atoms with Crippen molar-refractivity contribution in [3.05, 3.63) is 59.7 Å². The van der Waals surface area contributed by atoms with Crippen molar-refractivity contribution in [2.24, 2.45) is 0 Å². The standard InChI is InChI=1S/C68H97N5O36/c74-51(10-5-23-69-64(96)106-36-50-48-8-3-1-6-46(48)47-7-2-4-9-49(47)50)70-65(37-97-24-11-52(75)71-66(107-33-20-61(90)91,40-100-27-14-55(78)79)41-101-28-15-56(80)81,38-98-25-12-53(76)72-67(108-34-21-62(92)93,42-102-29-16-57(82)83)43-103-30-17-58(84)85)39-99-26-13-54(77)73-68(109-35-22-63(94)95,44-104-31-18-59(86)87)45-105-32-19-60(88)89/h1-4,6-9,50H,5,10-45H2,(H,69,96)(H,70,74)(H,71,75)(H,72,76)(H,73,77)(H,78,79)(H,80,81)(H,82,83)(H,84,85)(H,86,87)(H,88,89)(H,90,91)(H,92,93)(H,94,95). The number of alkyl carbamates (subject to hydrolysis) is 1. The maximum atomic E-state index is 14.4. The molecule has 3 rings (SSSR count). The predicted molar refractivity (Wildman–Crippen MR) is 365 cm³/mol. The molecule has 2 aromatic carbocycles. The molecule has 0 unspecified atom stereocenters. The van der Waals surface area contributed by atoms with E-state index in [4.69, 9.17) is 61.6 Å². The molecule has 2 aromatic rings. The van der Waals surface area contributed by atoms with Crippen molar-refractivity contribution < 1.29 is 175 Å². The molecule has 0 aliphatic heterocycles. The Morgan fingerprint density at radius 1 is 0.303 bits per heavy atom. The molecule has 0 heterocycles. The maximum Gasteiger partial charge on any atom is 0.407 e. The van der Waals surface area contributed by atoms with Crippen molar-refractivity contribution >= 4 is 83.4 Å². The number of carbonyl (C=O) groups excluding carboxylic acids is 5. The number of carboxylic acids is 9. The first-order chi connectivity index (χ1) is 51.9. The number of ether oxygens (including phenoxy) is 13. The monoisotopic (exact) mass is 1560 g/mol. The summed E-state index contributed by atoms with van der Waals surface area (Å²) in [6, 6.07) is 15.3. The van der Waals surface area contributed by atoms with Gasteiger partial charge in [0.05, 0.1) is 216 Å². The van der Waals surface area contributed by atoms with Gasteiger partial charge < -0.3 is 134 Å². The largest absolute Gasteiger partial charge is 0.481 e. The average molecular weight is 1560 g/mol. The maximum absolute atomic E-state index is 14.4. The van der Waals surface area contributed by atoms with Crippen molar-refractivity contribution in [3.63, 3.8) is 0 Å². The molecule has 0 atom stereocenters. The van der Waals surface area contributed by atoms with Crippen molar-refractivity contribution in [3.8, 4) is 11.1 Å². The van der Waals surface area contributed by atoms with E-state index in [1.165, 1.54) is 0 Å². The first-order valence-corrected chi connectivity index (χ1v) is 34.3. The molecule has 5 amide bonds. The molecule has 1 aliphatic rings. The molecule has 0 saturated heterocycles. The third kappa shape index (κ3) is 40.9. The lowest BCUT2D eigenvalue weighted by Gasteiger charge is -2.35. The quantitative estimate of drug-likeness (QED) is 0.0311. The lowest BCUT2D eigenvalue weighted by atomic mass is 9.98. The normalized spacial score (nSPS) is 12.1. The summed E-state index contributed by atoms with van der Waals surface area (Å²) in [4.78, 5) is 172. The zero-order valence-electron chi connectivity index (χ0n) is 59.9. The van der Waals surface area contributed by atoms with E-state index in [1.54, 1.807) is 0 Å². The molecule has 0 aromatic heterocycles. The summed E-state index contributed by atoms with van der Waals surface area (Å²) < 4.78 is 74.1. The molecule has 0 bridgehead atoms. The van der Waals surface area contributed by atoms with E-state index in [-0.39, 0.29) is 31.9 Å². The fraction of sp³-hybridized carbons (Fsp3) is 0.618. The summed E-state index contributed by atoms with van der Waals surface area (Å²) in [5.74, 6) is -15.5. The Bertz CT molecular complexity index is 2920. The fourth-order valence-corrected chi connectivity index (χ4v) is 10.0. The highest BCUT2D eigenvalue weighted by Crippen LogP contribution is 2.44. The van der Waals surface area contributed by atoms with Crippen LogP contribution in [0.1, 0.15) is 107 Å². The number of hydrogen-bond donors (Lipinski definition) is 14. The second-order valence-corrected chi connectivity index (χ2v) is 24.4. The number of carboxylic acid groups (broad SMARTS) is 9. The summed E-state index contributed by atoms with van der Waals surface area (Å²) in [7, 11) is 0. The molecule has 610 valence electrons. The first-order valence-electron chi connectivity index (χ1n) is 34.3. The zero-order chi connectivity index (χ0) is 80.5. The lowest BCUT2D eigenvalue weighted by Crippen LogP contribution is -2.59. The SMILES string of the molecule is O=C(O)CCOCC(COCCC(=O)O)(NC(=O)CCOCC(COCCC(=O)NC(COCCC(=O)O)(COCCC(=O)O)OCCC(=O)O)(COCCC(=O)NC(COCCC(=O)O)(COCCC(=O)O)OCCC(=O)O)NC(=O)CCCNC(=O)OCC1c2ccccc2-c2ccccc21)OCCC(=O)O. The first kappa shape index (κ1) is 93.5. The van der Waals surface area contributed by atoms with Gasteiger partial charge >= 0.3 is 59.8 Å². The number of amides is 5. The van der Waals surface area contributed by atoms with Gasteiger partial charge in [-0.3, -0.25) is 62.3 Å². The van der Waals surface area contributed by atoms with Crippen LogP contribution in [0.5, 0.6) is 0 Å². The number of aliphatic carboxylic acids is 9. The van der Waals surface area contributed by atoms with E-state index in [2.05, 4.69) is 26.6 Å². The van der Waals surface area contributed by atoms with E-state index in [0.29, 0.717) is 0 Å². The molecule has 1 aliphatic carbocycles. The number of carbonyl (C=O) groups is 14. The number of hydrogen-bond acceptors (Lipinski definition) is 27. The number of nitrogens with one attached hydrogen (secondary N) is 5. The Kier molecular flexibility index (Phi) is 44.3. The molecule has 109 heavy (non-hydrogen) atoms. The Balaban J connectivity index is 2.08. The minimum Gasteiger partial charge on any atom is -0.481 e. The molecule has 0 saturated carbocycles. The molecular formula is C68H97N5O36. The van der Waals surface area contributed by atoms with Crippen molar-refractivity contribution in [1.82, 2.24) is 26.6 Å². The van der Waals surface area contributed by atoms with Gasteiger partial charge in [-0.25, -0.2) is 4.79 Å². The van der Waals surface area contributed by atoms with Gasteiger partial charge in [0.2, 0.25) is 23.6 Å². The van der Waals surface area contributed by atoms with Crippen LogP contribution in [0.25, 0.3) is 11.1 Å².